The van der Waals surface area contributed by atoms with Crippen molar-refractivity contribution in [1.29, 1.82) is 0 Å². The number of anilines is 1. The van der Waals surface area contributed by atoms with Crippen LogP contribution in [0.15, 0.2) is 24.3 Å². The average Bonchev–Trinajstić information content (AvgIpc) is 2.92. The number of amides is 1. The first kappa shape index (κ1) is 14.9. The van der Waals surface area contributed by atoms with Crippen molar-refractivity contribution in [2.24, 2.45) is 5.92 Å². The van der Waals surface area contributed by atoms with Gasteiger partial charge in [-0.3, -0.25) is 4.79 Å². The maximum atomic E-state index is 11.8. The van der Waals surface area contributed by atoms with Crippen LogP contribution in [0.2, 0.25) is 0 Å². The van der Waals surface area contributed by atoms with Crippen molar-refractivity contribution >= 4 is 11.6 Å². The highest BCUT2D eigenvalue weighted by molar-refractivity contribution is 5.94. The van der Waals surface area contributed by atoms with Crippen molar-refractivity contribution in [3.05, 3.63) is 29.8 Å². The lowest BCUT2D eigenvalue weighted by molar-refractivity contribution is 0.0943. The molecule has 4 nitrogen and oxygen atoms in total. The van der Waals surface area contributed by atoms with Crippen LogP contribution in [-0.2, 0) is 4.74 Å². The number of ether oxygens (including phenoxy) is 1. The van der Waals surface area contributed by atoms with E-state index in [4.69, 9.17) is 4.74 Å². The van der Waals surface area contributed by atoms with Gasteiger partial charge in [0.15, 0.2) is 0 Å². The van der Waals surface area contributed by atoms with Gasteiger partial charge in [-0.2, -0.15) is 0 Å². The van der Waals surface area contributed by atoms with Gasteiger partial charge in [-0.05, 0) is 51.5 Å². The van der Waals surface area contributed by atoms with Gasteiger partial charge in [0.2, 0.25) is 0 Å². The molecule has 2 N–H and O–H groups in total. The van der Waals surface area contributed by atoms with E-state index in [1.165, 1.54) is 0 Å². The fourth-order valence-electron chi connectivity index (χ4n) is 2.39. The molecule has 1 aliphatic rings. The summed E-state index contributed by atoms with van der Waals surface area (Å²) in [7, 11) is 0. The van der Waals surface area contributed by atoms with E-state index in [0.717, 1.165) is 25.3 Å². The molecule has 0 radical (unpaired) electrons. The minimum absolute atomic E-state index is 0.0243. The first-order chi connectivity index (χ1) is 9.56. The number of carbonyl (C=O) groups excluding carboxylic acids is 1. The Morgan fingerprint density at radius 1 is 1.25 bits per heavy atom. The molecule has 20 heavy (non-hydrogen) atoms. The van der Waals surface area contributed by atoms with Gasteiger partial charge in [-0.15, -0.1) is 0 Å². The van der Waals surface area contributed by atoms with E-state index < -0.39 is 0 Å². The van der Waals surface area contributed by atoms with E-state index in [1.807, 2.05) is 38.1 Å². The lowest BCUT2D eigenvalue weighted by Crippen LogP contribution is -2.30. The van der Waals surface area contributed by atoms with Crippen LogP contribution in [0.4, 0.5) is 5.69 Å². The van der Waals surface area contributed by atoms with Crippen LogP contribution < -0.4 is 10.6 Å². The van der Waals surface area contributed by atoms with E-state index in [0.29, 0.717) is 17.5 Å². The van der Waals surface area contributed by atoms with Crippen LogP contribution in [0.3, 0.4) is 0 Å². The highest BCUT2D eigenvalue weighted by Crippen LogP contribution is 2.20. The summed E-state index contributed by atoms with van der Waals surface area (Å²) in [6.07, 6.45) is 1.11. The molecule has 1 aromatic carbocycles. The number of benzene rings is 1. The molecule has 1 amide bonds. The highest BCUT2D eigenvalue weighted by Gasteiger charge is 2.22. The molecule has 0 spiro atoms. The van der Waals surface area contributed by atoms with Crippen LogP contribution >= 0.6 is 0 Å². The second-order valence-electron chi connectivity index (χ2n) is 5.76. The molecule has 1 saturated heterocycles. The molecule has 1 fully saturated rings. The number of carbonyl (C=O) groups is 1. The Kier molecular flexibility index (Phi) is 5.01. The van der Waals surface area contributed by atoms with Crippen molar-refractivity contribution in [1.82, 2.24) is 5.32 Å². The van der Waals surface area contributed by atoms with Crippen molar-refractivity contribution < 1.29 is 9.53 Å². The third kappa shape index (κ3) is 3.97. The van der Waals surface area contributed by atoms with Gasteiger partial charge < -0.3 is 15.4 Å². The van der Waals surface area contributed by atoms with Crippen molar-refractivity contribution in [2.75, 3.05) is 18.5 Å². The maximum Gasteiger partial charge on any atom is 0.251 e. The van der Waals surface area contributed by atoms with Gasteiger partial charge in [0.25, 0.3) is 5.91 Å². The molecular formula is C16H24N2O2. The highest BCUT2D eigenvalue weighted by atomic mass is 16.5. The predicted octanol–water partition coefficient (Wildman–Crippen LogP) is 2.66. The smallest absolute Gasteiger partial charge is 0.251 e. The molecule has 0 aromatic heterocycles. The Balaban J connectivity index is 1.92. The van der Waals surface area contributed by atoms with Gasteiger partial charge in [0, 0.05) is 35.9 Å². The fourth-order valence-corrected chi connectivity index (χ4v) is 2.39. The first-order valence-corrected chi connectivity index (χ1v) is 7.31. The minimum Gasteiger partial charge on any atom is -0.382 e. The third-order valence-corrected chi connectivity index (χ3v) is 3.63. The summed E-state index contributed by atoms with van der Waals surface area (Å²) in [6, 6.07) is 8.18. The summed E-state index contributed by atoms with van der Waals surface area (Å²) in [5.74, 6) is 0.544. The molecule has 4 heteroatoms. The topological polar surface area (TPSA) is 50.4 Å². The molecule has 2 atom stereocenters. The SMILES string of the molecule is CC(C)NC(=O)c1ccc(NC(C)C2CCOC2)cc1. The van der Waals surface area contributed by atoms with Crippen LogP contribution in [0.25, 0.3) is 0 Å². The first-order valence-electron chi connectivity index (χ1n) is 7.31. The van der Waals surface area contributed by atoms with E-state index in [2.05, 4.69) is 17.6 Å². The van der Waals surface area contributed by atoms with Crippen LogP contribution in [0, 0.1) is 5.92 Å². The van der Waals surface area contributed by atoms with Gasteiger partial charge in [0.1, 0.15) is 0 Å². The van der Waals surface area contributed by atoms with Crippen LogP contribution in [0.5, 0.6) is 0 Å². The monoisotopic (exact) mass is 276 g/mol. The zero-order valence-corrected chi connectivity index (χ0v) is 12.5. The number of hydrogen-bond acceptors (Lipinski definition) is 3. The summed E-state index contributed by atoms with van der Waals surface area (Å²) in [5, 5.41) is 6.37. The Bertz CT molecular complexity index is 436. The molecular weight excluding hydrogens is 252 g/mol. The van der Waals surface area contributed by atoms with E-state index in [9.17, 15) is 4.79 Å². The number of hydrogen-bond donors (Lipinski definition) is 2. The summed E-state index contributed by atoms with van der Waals surface area (Å²) in [5.41, 5.74) is 1.74. The molecule has 0 saturated carbocycles. The summed E-state index contributed by atoms with van der Waals surface area (Å²) < 4.78 is 5.41. The second kappa shape index (κ2) is 6.75. The summed E-state index contributed by atoms with van der Waals surface area (Å²) >= 11 is 0. The van der Waals surface area contributed by atoms with E-state index in [-0.39, 0.29) is 11.9 Å². The van der Waals surface area contributed by atoms with Gasteiger partial charge in [-0.25, -0.2) is 0 Å². The molecule has 2 rings (SSSR count). The van der Waals surface area contributed by atoms with E-state index in [1.54, 1.807) is 0 Å². The molecule has 110 valence electrons. The lowest BCUT2D eigenvalue weighted by atomic mass is 10.0. The second-order valence-corrected chi connectivity index (χ2v) is 5.76. The third-order valence-electron chi connectivity index (χ3n) is 3.63. The van der Waals surface area contributed by atoms with Crippen LogP contribution in [0.1, 0.15) is 37.6 Å². The predicted molar refractivity (Wildman–Crippen MR) is 81.1 cm³/mol. The Labute approximate surface area is 120 Å². The van der Waals surface area contributed by atoms with Gasteiger partial charge in [-0.1, -0.05) is 0 Å². The standard InChI is InChI=1S/C16H24N2O2/c1-11(2)17-16(19)13-4-6-15(7-5-13)18-12(3)14-8-9-20-10-14/h4-7,11-12,14,18H,8-10H2,1-3H3,(H,17,19). The molecule has 0 aliphatic carbocycles. The van der Waals surface area contributed by atoms with Crippen molar-refractivity contribution in [3.63, 3.8) is 0 Å². The maximum absolute atomic E-state index is 11.8. The van der Waals surface area contributed by atoms with Gasteiger partial charge in [0.05, 0.1) is 6.61 Å². The van der Waals surface area contributed by atoms with Crippen LogP contribution in [-0.4, -0.2) is 31.2 Å². The van der Waals surface area contributed by atoms with Gasteiger partial charge >= 0.3 is 0 Å². The quantitative estimate of drug-likeness (QED) is 0.869. The minimum atomic E-state index is -0.0243. The fraction of sp³-hybridized carbons (Fsp3) is 0.562. The molecule has 0 bridgehead atoms. The molecule has 1 aliphatic heterocycles. The largest absolute Gasteiger partial charge is 0.382 e. The Morgan fingerprint density at radius 3 is 2.50 bits per heavy atom. The molecule has 2 unspecified atom stereocenters. The van der Waals surface area contributed by atoms with Crippen molar-refractivity contribution in [2.45, 2.75) is 39.3 Å². The number of rotatable bonds is 5. The van der Waals surface area contributed by atoms with Crippen molar-refractivity contribution in [3.8, 4) is 0 Å². The molecule has 1 aromatic rings. The average molecular weight is 276 g/mol. The lowest BCUT2D eigenvalue weighted by Gasteiger charge is -2.20. The summed E-state index contributed by atoms with van der Waals surface area (Å²) in [4.78, 5) is 11.8. The zero-order valence-electron chi connectivity index (χ0n) is 12.5. The summed E-state index contributed by atoms with van der Waals surface area (Å²) in [6.45, 7) is 7.80. The normalized spacial score (nSPS) is 19.9. The number of nitrogens with one attached hydrogen (secondary N) is 2. The Hall–Kier alpha value is -1.55. The zero-order chi connectivity index (χ0) is 14.5. The Morgan fingerprint density at radius 2 is 1.95 bits per heavy atom. The van der Waals surface area contributed by atoms with E-state index >= 15 is 0 Å². The molecule has 1 heterocycles.